The number of carbonyl (C=O) groups is 2. The van der Waals surface area contributed by atoms with Gasteiger partial charge in [0, 0.05) is 25.6 Å². The molecule has 1 aliphatic heterocycles. The zero-order valence-electron chi connectivity index (χ0n) is 17.6. The van der Waals surface area contributed by atoms with Crippen molar-refractivity contribution >= 4 is 33.0 Å². The molecule has 1 N–H and O–H groups in total. The van der Waals surface area contributed by atoms with Gasteiger partial charge >= 0.3 is 0 Å². The smallest absolute Gasteiger partial charge is 0.225 e. The van der Waals surface area contributed by atoms with E-state index in [9.17, 15) is 18.0 Å². The summed E-state index contributed by atoms with van der Waals surface area (Å²) in [5.74, 6) is 0.0398. The second-order valence-electron chi connectivity index (χ2n) is 7.52. The van der Waals surface area contributed by atoms with Gasteiger partial charge in [0.1, 0.15) is 5.75 Å². The summed E-state index contributed by atoms with van der Waals surface area (Å²) in [6.07, 6.45) is 0.427. The first-order valence-corrected chi connectivity index (χ1v) is 11.3. The lowest BCUT2D eigenvalue weighted by molar-refractivity contribution is -0.117. The third kappa shape index (κ3) is 4.33. The van der Waals surface area contributed by atoms with Gasteiger partial charge in [0.25, 0.3) is 0 Å². The molecule has 0 spiro atoms. The van der Waals surface area contributed by atoms with Gasteiger partial charge in [-0.2, -0.15) is 0 Å². The van der Waals surface area contributed by atoms with Crippen molar-refractivity contribution in [2.24, 2.45) is 0 Å². The molecule has 160 valence electrons. The highest BCUT2D eigenvalue weighted by Gasteiger charge is 2.29. The largest absolute Gasteiger partial charge is 0.495 e. The van der Waals surface area contributed by atoms with Crippen LogP contribution in [0.1, 0.15) is 31.4 Å². The van der Waals surface area contributed by atoms with Crippen molar-refractivity contribution in [3.63, 3.8) is 0 Å². The van der Waals surface area contributed by atoms with E-state index in [1.807, 2.05) is 13.0 Å². The number of nitrogens with one attached hydrogen (secondary N) is 1. The van der Waals surface area contributed by atoms with Gasteiger partial charge in [-0.15, -0.1) is 0 Å². The number of amides is 2. The number of benzene rings is 2. The van der Waals surface area contributed by atoms with Crippen LogP contribution in [0.25, 0.3) is 0 Å². The summed E-state index contributed by atoms with van der Waals surface area (Å²) in [7, 11) is -2.20. The quantitative estimate of drug-likeness (QED) is 0.760. The van der Waals surface area contributed by atoms with E-state index < -0.39 is 21.0 Å². The molecule has 3 rings (SSSR count). The van der Waals surface area contributed by atoms with Crippen LogP contribution < -0.4 is 15.0 Å². The average molecular weight is 431 g/mol. The minimum Gasteiger partial charge on any atom is -0.495 e. The third-order valence-electron chi connectivity index (χ3n) is 5.29. The van der Waals surface area contributed by atoms with Crippen LogP contribution in [0.4, 0.5) is 11.4 Å². The molecule has 2 aromatic carbocycles. The van der Waals surface area contributed by atoms with Gasteiger partial charge in [-0.05, 0) is 61.7 Å². The van der Waals surface area contributed by atoms with Gasteiger partial charge in [0.15, 0.2) is 9.84 Å². The standard InChI is InChI=1S/C22H26N2O5S/c1-14-5-8-21(29-4)19(11-14)23-22(26)12-15(2)30(27,28)18-6-7-20-17(13-18)9-10-24(20)16(3)25/h5-8,11,13,15H,9-10,12H2,1-4H3,(H,23,26). The number of methoxy groups -OCH3 is 1. The maximum Gasteiger partial charge on any atom is 0.225 e. The zero-order valence-corrected chi connectivity index (χ0v) is 18.4. The molecule has 0 bridgehead atoms. The Labute approximate surface area is 177 Å². The van der Waals surface area contributed by atoms with Crippen LogP contribution in [0.15, 0.2) is 41.3 Å². The molecule has 1 unspecified atom stereocenters. The second-order valence-corrected chi connectivity index (χ2v) is 9.89. The Bertz CT molecular complexity index is 1090. The van der Waals surface area contributed by atoms with E-state index in [0.29, 0.717) is 24.4 Å². The number of ether oxygens (including phenoxy) is 1. The third-order valence-corrected chi connectivity index (χ3v) is 7.42. The molecule has 7 nitrogen and oxygen atoms in total. The van der Waals surface area contributed by atoms with Crippen molar-refractivity contribution in [3.8, 4) is 5.75 Å². The number of rotatable bonds is 6. The van der Waals surface area contributed by atoms with Crippen molar-refractivity contribution < 1.29 is 22.7 Å². The maximum atomic E-state index is 13.0. The molecule has 0 fully saturated rings. The lowest BCUT2D eigenvalue weighted by Gasteiger charge is -2.17. The van der Waals surface area contributed by atoms with Crippen LogP contribution in [0.3, 0.4) is 0 Å². The normalized spacial score (nSPS) is 14.2. The number of aryl methyl sites for hydroxylation is 1. The first-order valence-electron chi connectivity index (χ1n) is 9.73. The Morgan fingerprint density at radius 2 is 1.93 bits per heavy atom. The van der Waals surface area contributed by atoms with Crippen molar-refractivity contribution in [2.45, 2.75) is 43.8 Å². The SMILES string of the molecule is COc1ccc(C)cc1NC(=O)CC(C)S(=O)(=O)c1ccc2c(c1)CCN2C(C)=O. The molecule has 0 aliphatic carbocycles. The first kappa shape index (κ1) is 21.8. The number of fused-ring (bicyclic) bond motifs is 1. The Hall–Kier alpha value is -2.87. The molecule has 8 heteroatoms. The van der Waals surface area contributed by atoms with E-state index in [0.717, 1.165) is 16.8 Å². The molecule has 0 aromatic heterocycles. The molecule has 2 amide bonds. The van der Waals surface area contributed by atoms with Gasteiger partial charge in [-0.1, -0.05) is 6.07 Å². The summed E-state index contributed by atoms with van der Waals surface area (Å²) in [5, 5.41) is 1.84. The van der Waals surface area contributed by atoms with Crippen molar-refractivity contribution in [3.05, 3.63) is 47.5 Å². The lowest BCUT2D eigenvalue weighted by atomic mass is 10.2. The molecular weight excluding hydrogens is 404 g/mol. The fraction of sp³-hybridized carbons (Fsp3) is 0.364. The summed E-state index contributed by atoms with van der Waals surface area (Å²) >= 11 is 0. The predicted octanol–water partition coefficient (Wildman–Crippen LogP) is 3.10. The monoisotopic (exact) mass is 430 g/mol. The van der Waals surface area contributed by atoms with Crippen LogP contribution in [0.2, 0.25) is 0 Å². The van der Waals surface area contributed by atoms with Crippen molar-refractivity contribution in [1.82, 2.24) is 0 Å². The Morgan fingerprint density at radius 1 is 1.20 bits per heavy atom. The fourth-order valence-electron chi connectivity index (χ4n) is 3.61. The molecule has 1 aliphatic rings. The molecule has 0 saturated carbocycles. The van der Waals surface area contributed by atoms with Crippen LogP contribution in [-0.2, 0) is 25.8 Å². The molecule has 30 heavy (non-hydrogen) atoms. The number of hydrogen-bond acceptors (Lipinski definition) is 5. The first-order chi connectivity index (χ1) is 14.1. The van der Waals surface area contributed by atoms with E-state index in [2.05, 4.69) is 5.32 Å². The van der Waals surface area contributed by atoms with Crippen LogP contribution in [0, 0.1) is 6.92 Å². The lowest BCUT2D eigenvalue weighted by Crippen LogP contribution is -2.26. The summed E-state index contributed by atoms with van der Waals surface area (Å²) in [4.78, 5) is 26.0. The van der Waals surface area contributed by atoms with Gasteiger partial charge in [-0.3, -0.25) is 9.59 Å². The Kier molecular flexibility index (Phi) is 6.17. The second kappa shape index (κ2) is 8.47. The number of sulfone groups is 1. The van der Waals surface area contributed by atoms with Crippen molar-refractivity contribution in [2.75, 3.05) is 23.9 Å². The van der Waals surface area contributed by atoms with Crippen LogP contribution in [-0.4, -0.2) is 39.1 Å². The summed E-state index contributed by atoms with van der Waals surface area (Å²) in [6.45, 7) is 5.45. The number of carbonyl (C=O) groups excluding carboxylic acids is 2. The number of hydrogen-bond donors (Lipinski definition) is 1. The topological polar surface area (TPSA) is 92.8 Å². The minimum absolute atomic E-state index is 0.0685. The summed E-state index contributed by atoms with van der Waals surface area (Å²) < 4.78 is 31.3. The van der Waals surface area contributed by atoms with Gasteiger partial charge < -0.3 is 15.0 Å². The van der Waals surface area contributed by atoms with Gasteiger partial charge in [0.05, 0.1) is 22.9 Å². The number of nitrogens with zero attached hydrogens (tertiary/aromatic N) is 1. The van der Waals surface area contributed by atoms with Crippen LogP contribution >= 0.6 is 0 Å². The zero-order chi connectivity index (χ0) is 22.1. The molecule has 0 saturated heterocycles. The Morgan fingerprint density at radius 3 is 2.60 bits per heavy atom. The van der Waals surface area contributed by atoms with E-state index in [-0.39, 0.29) is 17.2 Å². The maximum absolute atomic E-state index is 13.0. The van der Waals surface area contributed by atoms with Crippen LogP contribution in [0.5, 0.6) is 5.75 Å². The summed E-state index contributed by atoms with van der Waals surface area (Å²) in [5.41, 5.74) is 3.03. The highest BCUT2D eigenvalue weighted by Crippen LogP contribution is 2.32. The number of anilines is 2. The highest BCUT2D eigenvalue weighted by molar-refractivity contribution is 7.92. The van der Waals surface area contributed by atoms with E-state index in [1.165, 1.54) is 27.0 Å². The molecule has 2 aromatic rings. The molecule has 1 atom stereocenters. The Balaban J connectivity index is 1.75. The molecular formula is C22H26N2O5S. The predicted molar refractivity (Wildman–Crippen MR) is 116 cm³/mol. The fourth-order valence-corrected chi connectivity index (χ4v) is 5.01. The van der Waals surface area contributed by atoms with E-state index >= 15 is 0 Å². The minimum atomic E-state index is -3.71. The molecule has 0 radical (unpaired) electrons. The van der Waals surface area contributed by atoms with E-state index in [1.54, 1.807) is 29.2 Å². The average Bonchev–Trinajstić information content (AvgIpc) is 3.11. The van der Waals surface area contributed by atoms with E-state index in [4.69, 9.17) is 4.74 Å². The molecule has 1 heterocycles. The highest BCUT2D eigenvalue weighted by atomic mass is 32.2. The summed E-state index contributed by atoms with van der Waals surface area (Å²) in [6, 6.07) is 10.2. The van der Waals surface area contributed by atoms with Gasteiger partial charge in [0.2, 0.25) is 11.8 Å². The van der Waals surface area contributed by atoms with Crippen molar-refractivity contribution in [1.29, 1.82) is 0 Å². The van der Waals surface area contributed by atoms with Gasteiger partial charge in [-0.25, -0.2) is 8.42 Å².